The summed E-state index contributed by atoms with van der Waals surface area (Å²) in [5, 5.41) is 1.10. The van der Waals surface area contributed by atoms with Gasteiger partial charge in [-0.15, -0.1) is 0 Å². The molecule has 0 radical (unpaired) electrons. The van der Waals surface area contributed by atoms with E-state index in [1.807, 2.05) is 66.7 Å². The van der Waals surface area contributed by atoms with Crippen LogP contribution in [0.4, 0.5) is 0 Å². The summed E-state index contributed by atoms with van der Waals surface area (Å²) < 4.78 is 0. The SMILES string of the molecule is O=c1[nH]cc(-c2ccccc2)cc1-c1cc2ccccc2[nH]1. The molecule has 0 unspecified atom stereocenters. The van der Waals surface area contributed by atoms with E-state index in [9.17, 15) is 4.79 Å². The first-order valence-corrected chi connectivity index (χ1v) is 7.17. The van der Waals surface area contributed by atoms with Crippen molar-refractivity contribution in [2.45, 2.75) is 0 Å². The van der Waals surface area contributed by atoms with Gasteiger partial charge in [0.15, 0.2) is 0 Å². The molecule has 0 spiro atoms. The summed E-state index contributed by atoms with van der Waals surface area (Å²) in [6.07, 6.45) is 1.75. The molecule has 2 N–H and O–H groups in total. The van der Waals surface area contributed by atoms with Crippen LogP contribution in [0.1, 0.15) is 0 Å². The largest absolute Gasteiger partial charge is 0.354 e. The monoisotopic (exact) mass is 286 g/mol. The van der Waals surface area contributed by atoms with Gasteiger partial charge in [0.05, 0.1) is 11.3 Å². The fourth-order valence-corrected chi connectivity index (χ4v) is 2.70. The molecular weight excluding hydrogens is 272 g/mol. The van der Waals surface area contributed by atoms with E-state index in [-0.39, 0.29) is 5.56 Å². The highest BCUT2D eigenvalue weighted by atomic mass is 16.1. The Kier molecular flexibility index (Phi) is 2.90. The van der Waals surface area contributed by atoms with Gasteiger partial charge in [0.1, 0.15) is 0 Å². The third-order valence-corrected chi connectivity index (χ3v) is 3.83. The molecule has 4 aromatic rings. The minimum Gasteiger partial charge on any atom is -0.354 e. The number of nitrogens with one attached hydrogen (secondary N) is 2. The van der Waals surface area contributed by atoms with Crippen LogP contribution in [0.5, 0.6) is 0 Å². The molecule has 0 amide bonds. The molecule has 2 aromatic carbocycles. The Bertz CT molecular complexity index is 964. The molecule has 0 fully saturated rings. The zero-order valence-corrected chi connectivity index (χ0v) is 11.8. The molecule has 2 aromatic heterocycles. The van der Waals surface area contributed by atoms with Gasteiger partial charge < -0.3 is 9.97 Å². The second-order valence-corrected chi connectivity index (χ2v) is 5.27. The van der Waals surface area contributed by atoms with Crippen molar-refractivity contribution in [2.24, 2.45) is 0 Å². The molecule has 0 bridgehead atoms. The number of aromatic nitrogens is 2. The zero-order chi connectivity index (χ0) is 14.9. The van der Waals surface area contributed by atoms with Crippen molar-refractivity contribution < 1.29 is 0 Å². The van der Waals surface area contributed by atoms with Crippen LogP contribution in [0, 0.1) is 0 Å². The highest BCUT2D eigenvalue weighted by molar-refractivity contribution is 5.86. The average molecular weight is 286 g/mol. The van der Waals surface area contributed by atoms with Crippen LogP contribution in [0.2, 0.25) is 0 Å². The van der Waals surface area contributed by atoms with Gasteiger partial charge in [-0.25, -0.2) is 0 Å². The molecule has 4 rings (SSSR count). The van der Waals surface area contributed by atoms with Gasteiger partial charge in [0.2, 0.25) is 0 Å². The molecular formula is C19H14N2O. The van der Waals surface area contributed by atoms with Crippen molar-refractivity contribution in [2.75, 3.05) is 0 Å². The van der Waals surface area contributed by atoms with Crippen molar-refractivity contribution in [3.8, 4) is 22.4 Å². The Hall–Kier alpha value is -3.07. The van der Waals surface area contributed by atoms with Gasteiger partial charge in [0, 0.05) is 17.1 Å². The fraction of sp³-hybridized carbons (Fsp3) is 0. The summed E-state index contributed by atoms with van der Waals surface area (Å²) >= 11 is 0. The topological polar surface area (TPSA) is 48.6 Å². The van der Waals surface area contributed by atoms with E-state index < -0.39 is 0 Å². The summed E-state index contributed by atoms with van der Waals surface area (Å²) in [5.74, 6) is 0. The maximum absolute atomic E-state index is 12.2. The molecule has 0 saturated heterocycles. The molecule has 22 heavy (non-hydrogen) atoms. The number of rotatable bonds is 2. The lowest BCUT2D eigenvalue weighted by atomic mass is 10.0. The lowest BCUT2D eigenvalue weighted by Crippen LogP contribution is -2.08. The Morgan fingerprint density at radius 2 is 1.55 bits per heavy atom. The highest BCUT2D eigenvalue weighted by Gasteiger charge is 2.09. The minimum atomic E-state index is -0.0914. The summed E-state index contributed by atoms with van der Waals surface area (Å²) in [6.45, 7) is 0. The summed E-state index contributed by atoms with van der Waals surface area (Å²) in [5.41, 5.74) is 4.50. The van der Waals surface area contributed by atoms with E-state index in [0.29, 0.717) is 5.56 Å². The van der Waals surface area contributed by atoms with Crippen molar-refractivity contribution in [3.05, 3.63) is 83.3 Å². The van der Waals surface area contributed by atoms with Crippen molar-refractivity contribution >= 4 is 10.9 Å². The van der Waals surface area contributed by atoms with Crippen molar-refractivity contribution in [1.82, 2.24) is 9.97 Å². The fourth-order valence-electron chi connectivity index (χ4n) is 2.70. The molecule has 0 saturated carbocycles. The maximum atomic E-state index is 12.2. The number of H-pyrrole nitrogens is 2. The third kappa shape index (κ3) is 2.13. The molecule has 106 valence electrons. The lowest BCUT2D eigenvalue weighted by molar-refractivity contribution is 1.23. The molecule has 0 aliphatic heterocycles. The second-order valence-electron chi connectivity index (χ2n) is 5.27. The van der Waals surface area contributed by atoms with Crippen LogP contribution >= 0.6 is 0 Å². The molecule has 0 aliphatic rings. The van der Waals surface area contributed by atoms with Gasteiger partial charge in [-0.2, -0.15) is 0 Å². The second kappa shape index (κ2) is 5.04. The standard InChI is InChI=1S/C19H14N2O/c22-19-16(18-11-14-8-4-5-9-17(14)21-18)10-15(12-20-19)13-6-2-1-3-7-13/h1-12,21H,(H,20,22). The lowest BCUT2D eigenvalue weighted by Gasteiger charge is -2.03. The first kappa shape index (κ1) is 12.7. The van der Waals surface area contributed by atoms with Crippen LogP contribution in [0.25, 0.3) is 33.3 Å². The number of fused-ring (bicyclic) bond motifs is 1. The van der Waals surface area contributed by atoms with E-state index in [0.717, 1.165) is 27.7 Å². The predicted octanol–water partition coefficient (Wildman–Crippen LogP) is 4.19. The summed E-state index contributed by atoms with van der Waals surface area (Å²) in [7, 11) is 0. The van der Waals surface area contributed by atoms with Crippen LogP contribution in [-0.4, -0.2) is 9.97 Å². The van der Waals surface area contributed by atoms with E-state index in [1.54, 1.807) is 6.20 Å². The minimum absolute atomic E-state index is 0.0914. The van der Waals surface area contributed by atoms with E-state index in [1.165, 1.54) is 0 Å². The van der Waals surface area contributed by atoms with Gasteiger partial charge in [-0.1, -0.05) is 48.5 Å². The molecule has 3 heteroatoms. The van der Waals surface area contributed by atoms with E-state index in [4.69, 9.17) is 0 Å². The summed E-state index contributed by atoms with van der Waals surface area (Å²) in [4.78, 5) is 18.4. The quantitative estimate of drug-likeness (QED) is 0.570. The highest BCUT2D eigenvalue weighted by Crippen LogP contribution is 2.25. The number of aromatic amines is 2. The predicted molar refractivity (Wildman–Crippen MR) is 89.8 cm³/mol. The Morgan fingerprint density at radius 3 is 2.36 bits per heavy atom. The van der Waals surface area contributed by atoms with Crippen LogP contribution in [0.3, 0.4) is 0 Å². The molecule has 3 nitrogen and oxygen atoms in total. The van der Waals surface area contributed by atoms with Gasteiger partial charge in [0.25, 0.3) is 5.56 Å². The number of pyridine rings is 1. The van der Waals surface area contributed by atoms with Crippen LogP contribution in [-0.2, 0) is 0 Å². The molecule has 2 heterocycles. The Morgan fingerprint density at radius 1 is 0.773 bits per heavy atom. The van der Waals surface area contributed by atoms with E-state index >= 15 is 0 Å². The van der Waals surface area contributed by atoms with Crippen LogP contribution < -0.4 is 5.56 Å². The summed E-state index contributed by atoms with van der Waals surface area (Å²) in [6, 6.07) is 22.0. The molecule has 0 atom stereocenters. The molecule has 0 aliphatic carbocycles. The number of benzene rings is 2. The average Bonchev–Trinajstić information content (AvgIpc) is 3.00. The van der Waals surface area contributed by atoms with E-state index in [2.05, 4.69) is 9.97 Å². The Balaban J connectivity index is 1.89. The van der Waals surface area contributed by atoms with Gasteiger partial charge in [-0.05, 0) is 29.3 Å². The van der Waals surface area contributed by atoms with Crippen molar-refractivity contribution in [1.29, 1.82) is 0 Å². The first-order valence-electron chi connectivity index (χ1n) is 7.17. The normalized spacial score (nSPS) is 10.9. The smallest absolute Gasteiger partial charge is 0.257 e. The maximum Gasteiger partial charge on any atom is 0.257 e. The third-order valence-electron chi connectivity index (χ3n) is 3.83. The zero-order valence-electron chi connectivity index (χ0n) is 11.8. The number of hydrogen-bond acceptors (Lipinski definition) is 1. The van der Waals surface area contributed by atoms with Crippen LogP contribution in [0.15, 0.2) is 77.7 Å². The Labute approximate surface area is 127 Å². The first-order chi connectivity index (χ1) is 10.8. The van der Waals surface area contributed by atoms with Crippen molar-refractivity contribution in [3.63, 3.8) is 0 Å². The number of para-hydroxylation sites is 1. The van der Waals surface area contributed by atoms with Gasteiger partial charge in [-0.3, -0.25) is 4.79 Å². The number of hydrogen-bond donors (Lipinski definition) is 2. The van der Waals surface area contributed by atoms with Gasteiger partial charge >= 0.3 is 0 Å².